The third-order valence-corrected chi connectivity index (χ3v) is 6.21. The van der Waals surface area contributed by atoms with E-state index in [1.165, 1.54) is 24.8 Å². The molecule has 1 saturated heterocycles. The third kappa shape index (κ3) is 3.22. The highest BCUT2D eigenvalue weighted by Crippen LogP contribution is 2.38. The monoisotopic (exact) mass is 354 g/mol. The van der Waals surface area contributed by atoms with Crippen molar-refractivity contribution in [3.63, 3.8) is 0 Å². The topological polar surface area (TPSA) is 64.2 Å². The molecule has 6 nitrogen and oxygen atoms in total. The number of hydrogen-bond donors (Lipinski definition) is 0. The van der Waals surface area contributed by atoms with Crippen molar-refractivity contribution >= 4 is 0 Å². The van der Waals surface area contributed by atoms with Gasteiger partial charge in [0.1, 0.15) is 11.5 Å². The number of piperidine rings is 1. The zero-order valence-corrected chi connectivity index (χ0v) is 15.2. The standard InChI is InChI=1S/C20H26N4O2/c25-20-10-17(15-4-5-15)21-13-24(20)11-14-6-8-23(9-7-14)12-18-16-2-1-3-19(16)26-22-18/h10,13-15H,1-9,11-12H2. The summed E-state index contributed by atoms with van der Waals surface area (Å²) < 4.78 is 7.27. The first-order chi connectivity index (χ1) is 12.8. The van der Waals surface area contributed by atoms with Crippen molar-refractivity contribution < 1.29 is 4.52 Å². The molecule has 6 heteroatoms. The maximum absolute atomic E-state index is 12.3. The Bertz CT molecular complexity index is 844. The Balaban J connectivity index is 1.16. The summed E-state index contributed by atoms with van der Waals surface area (Å²) in [5.41, 5.74) is 3.61. The highest BCUT2D eigenvalue weighted by molar-refractivity contribution is 5.27. The molecule has 2 aromatic heterocycles. The second kappa shape index (κ2) is 6.65. The van der Waals surface area contributed by atoms with Crippen LogP contribution in [0.1, 0.15) is 60.7 Å². The number of hydrogen-bond acceptors (Lipinski definition) is 5. The molecule has 0 amide bonds. The SMILES string of the molecule is O=c1cc(C2CC2)ncn1CC1CCN(Cc2noc3c2CCC3)CC1. The molecule has 0 atom stereocenters. The highest BCUT2D eigenvalue weighted by atomic mass is 16.5. The third-order valence-electron chi connectivity index (χ3n) is 6.21. The Morgan fingerprint density at radius 1 is 1.15 bits per heavy atom. The largest absolute Gasteiger partial charge is 0.361 e. The van der Waals surface area contributed by atoms with Gasteiger partial charge < -0.3 is 4.52 Å². The van der Waals surface area contributed by atoms with Gasteiger partial charge >= 0.3 is 0 Å². The summed E-state index contributed by atoms with van der Waals surface area (Å²) in [6.45, 7) is 3.83. The molecule has 1 aliphatic heterocycles. The van der Waals surface area contributed by atoms with Crippen molar-refractivity contribution in [2.75, 3.05) is 13.1 Å². The lowest BCUT2D eigenvalue weighted by Crippen LogP contribution is -2.36. The Kier molecular flexibility index (Phi) is 4.15. The van der Waals surface area contributed by atoms with Crippen LogP contribution >= 0.6 is 0 Å². The fourth-order valence-electron chi connectivity index (χ4n) is 4.41. The van der Waals surface area contributed by atoms with Crippen LogP contribution in [-0.2, 0) is 25.9 Å². The van der Waals surface area contributed by atoms with E-state index < -0.39 is 0 Å². The smallest absolute Gasteiger partial charge is 0.253 e. The van der Waals surface area contributed by atoms with Gasteiger partial charge in [0.25, 0.3) is 5.56 Å². The van der Waals surface area contributed by atoms with Crippen molar-refractivity contribution in [1.82, 2.24) is 19.6 Å². The van der Waals surface area contributed by atoms with Crippen LogP contribution in [0.25, 0.3) is 0 Å². The number of fused-ring (bicyclic) bond motifs is 1. The quantitative estimate of drug-likeness (QED) is 0.825. The molecule has 26 heavy (non-hydrogen) atoms. The average molecular weight is 354 g/mol. The summed E-state index contributed by atoms with van der Waals surface area (Å²) in [5, 5.41) is 4.29. The molecule has 1 saturated carbocycles. The highest BCUT2D eigenvalue weighted by Gasteiger charge is 2.27. The van der Waals surface area contributed by atoms with E-state index in [-0.39, 0.29) is 5.56 Å². The van der Waals surface area contributed by atoms with Crippen molar-refractivity contribution in [3.05, 3.63) is 45.5 Å². The predicted octanol–water partition coefficient (Wildman–Crippen LogP) is 2.51. The molecule has 2 fully saturated rings. The summed E-state index contributed by atoms with van der Waals surface area (Å²) >= 11 is 0. The summed E-state index contributed by atoms with van der Waals surface area (Å²) in [6.07, 6.45) is 9.75. The van der Waals surface area contributed by atoms with Crippen molar-refractivity contribution in [2.45, 2.75) is 64.0 Å². The molecule has 5 rings (SSSR count). The lowest BCUT2D eigenvalue weighted by atomic mass is 9.96. The molecule has 0 unspecified atom stereocenters. The summed E-state index contributed by atoms with van der Waals surface area (Å²) in [7, 11) is 0. The first kappa shape index (κ1) is 16.2. The van der Waals surface area contributed by atoms with Crippen molar-refractivity contribution in [3.8, 4) is 0 Å². The lowest BCUT2D eigenvalue weighted by molar-refractivity contribution is 0.162. The van der Waals surface area contributed by atoms with Crippen LogP contribution in [0, 0.1) is 5.92 Å². The molecule has 0 N–H and O–H groups in total. The van der Waals surface area contributed by atoms with Gasteiger partial charge in [-0.15, -0.1) is 0 Å². The summed E-state index contributed by atoms with van der Waals surface area (Å²) in [4.78, 5) is 19.3. The maximum atomic E-state index is 12.3. The molecule has 0 bridgehead atoms. The minimum atomic E-state index is 0.113. The van der Waals surface area contributed by atoms with Crippen molar-refractivity contribution in [2.24, 2.45) is 5.92 Å². The van der Waals surface area contributed by atoms with E-state index in [1.54, 1.807) is 17.0 Å². The number of aryl methyl sites for hydroxylation is 1. The van der Waals surface area contributed by atoms with Gasteiger partial charge in [-0.2, -0.15) is 0 Å². The molecule has 0 aromatic carbocycles. The first-order valence-corrected chi connectivity index (χ1v) is 10.0. The molecule has 3 aliphatic rings. The Morgan fingerprint density at radius 3 is 2.77 bits per heavy atom. The molecule has 2 aromatic rings. The van der Waals surface area contributed by atoms with Crippen LogP contribution in [0.4, 0.5) is 0 Å². The summed E-state index contributed by atoms with van der Waals surface area (Å²) in [5.74, 6) is 2.20. The fraction of sp³-hybridized carbons (Fsp3) is 0.650. The molecular formula is C20H26N4O2. The van der Waals surface area contributed by atoms with Crippen LogP contribution in [0.5, 0.6) is 0 Å². The van der Waals surface area contributed by atoms with E-state index in [0.29, 0.717) is 11.8 Å². The maximum Gasteiger partial charge on any atom is 0.253 e. The summed E-state index contributed by atoms with van der Waals surface area (Å²) in [6, 6.07) is 1.75. The second-order valence-electron chi connectivity index (χ2n) is 8.18. The number of nitrogens with zero attached hydrogens (tertiary/aromatic N) is 4. The van der Waals surface area contributed by atoms with Gasteiger partial charge in [0.2, 0.25) is 0 Å². The van der Waals surface area contributed by atoms with Crippen molar-refractivity contribution in [1.29, 1.82) is 0 Å². The van der Waals surface area contributed by atoms with Crippen LogP contribution in [0.2, 0.25) is 0 Å². The van der Waals surface area contributed by atoms with Crippen LogP contribution < -0.4 is 5.56 Å². The van der Waals surface area contributed by atoms with Gasteiger partial charge in [-0.05, 0) is 57.5 Å². The lowest BCUT2D eigenvalue weighted by Gasteiger charge is -2.31. The van der Waals surface area contributed by atoms with Gasteiger partial charge in [-0.1, -0.05) is 5.16 Å². The Hall–Kier alpha value is -1.95. The minimum Gasteiger partial charge on any atom is -0.361 e. The number of rotatable bonds is 5. The van der Waals surface area contributed by atoms with Crippen LogP contribution in [0.3, 0.4) is 0 Å². The predicted molar refractivity (Wildman–Crippen MR) is 97.0 cm³/mol. The second-order valence-corrected chi connectivity index (χ2v) is 8.18. The molecule has 3 heterocycles. The van der Waals surface area contributed by atoms with Gasteiger partial charge in [0, 0.05) is 37.1 Å². The first-order valence-electron chi connectivity index (χ1n) is 10.0. The van der Waals surface area contributed by atoms with Crippen LogP contribution in [0.15, 0.2) is 21.7 Å². The Labute approximate surface area is 153 Å². The van der Waals surface area contributed by atoms with E-state index in [1.807, 2.05) is 0 Å². The van der Waals surface area contributed by atoms with E-state index in [4.69, 9.17) is 4.52 Å². The van der Waals surface area contributed by atoms with Gasteiger partial charge in [0.15, 0.2) is 0 Å². The minimum absolute atomic E-state index is 0.113. The zero-order chi connectivity index (χ0) is 17.5. The number of aromatic nitrogens is 3. The fourth-order valence-corrected chi connectivity index (χ4v) is 4.41. The molecule has 2 aliphatic carbocycles. The Morgan fingerprint density at radius 2 is 2.00 bits per heavy atom. The molecule has 138 valence electrons. The molecule has 0 radical (unpaired) electrons. The zero-order valence-electron chi connectivity index (χ0n) is 15.2. The van der Waals surface area contributed by atoms with Gasteiger partial charge in [0.05, 0.1) is 12.0 Å². The van der Waals surface area contributed by atoms with Gasteiger partial charge in [-0.25, -0.2) is 4.98 Å². The molecule has 0 spiro atoms. The molecular weight excluding hydrogens is 328 g/mol. The van der Waals surface area contributed by atoms with E-state index in [0.717, 1.165) is 69.0 Å². The average Bonchev–Trinajstić information content (AvgIpc) is 3.28. The van der Waals surface area contributed by atoms with E-state index >= 15 is 0 Å². The van der Waals surface area contributed by atoms with E-state index in [9.17, 15) is 4.79 Å². The normalized spacial score (nSPS) is 21.2. The van der Waals surface area contributed by atoms with E-state index in [2.05, 4.69) is 15.0 Å². The van der Waals surface area contributed by atoms with Gasteiger partial charge in [-0.3, -0.25) is 14.3 Å². The van der Waals surface area contributed by atoms with Crippen LogP contribution in [-0.4, -0.2) is 32.7 Å². The number of likely N-dealkylation sites (tertiary alicyclic amines) is 1.